The Morgan fingerprint density at radius 1 is 1.07 bits per heavy atom. The van der Waals surface area contributed by atoms with Crippen LogP contribution in [0.25, 0.3) is 5.69 Å². The number of amides is 1. The van der Waals surface area contributed by atoms with Crippen molar-refractivity contribution in [2.75, 3.05) is 26.3 Å². The number of carbonyl (C=O) groups excluding carboxylic acids is 1. The molecule has 1 fully saturated rings. The summed E-state index contributed by atoms with van der Waals surface area (Å²) in [7, 11) is 0. The summed E-state index contributed by atoms with van der Waals surface area (Å²) >= 11 is 1.38. The fourth-order valence-electron chi connectivity index (χ4n) is 3.31. The zero-order chi connectivity index (χ0) is 20.2. The van der Waals surface area contributed by atoms with Crippen molar-refractivity contribution in [2.45, 2.75) is 24.3 Å². The van der Waals surface area contributed by atoms with Crippen molar-refractivity contribution in [1.29, 1.82) is 0 Å². The first kappa shape index (κ1) is 19.6. The molecule has 1 amide bonds. The topological polar surface area (TPSA) is 73.1 Å². The molecule has 3 aromatic rings. The van der Waals surface area contributed by atoms with Crippen molar-refractivity contribution >= 4 is 17.7 Å². The fourth-order valence-corrected chi connectivity index (χ4v) is 4.38. The van der Waals surface area contributed by atoms with Crippen LogP contribution in [-0.4, -0.2) is 57.3 Å². The quantitative estimate of drug-likeness (QED) is 0.603. The van der Waals surface area contributed by atoms with Gasteiger partial charge in [-0.25, -0.2) is 0 Å². The van der Waals surface area contributed by atoms with Crippen molar-refractivity contribution in [3.8, 4) is 5.69 Å². The second-order valence-corrected chi connectivity index (χ2v) is 8.01. The Balaban J connectivity index is 1.68. The van der Waals surface area contributed by atoms with Gasteiger partial charge in [-0.3, -0.25) is 4.79 Å². The molecule has 1 aromatic heterocycles. The van der Waals surface area contributed by atoms with E-state index in [4.69, 9.17) is 4.74 Å². The zero-order valence-corrected chi connectivity index (χ0v) is 17.3. The van der Waals surface area contributed by atoms with Gasteiger partial charge in [-0.15, -0.1) is 5.10 Å². The maximum atomic E-state index is 13.4. The second-order valence-electron chi connectivity index (χ2n) is 6.94. The second kappa shape index (κ2) is 8.75. The lowest BCUT2D eigenvalue weighted by Crippen LogP contribution is -2.42. The molecule has 0 saturated carbocycles. The van der Waals surface area contributed by atoms with Crippen LogP contribution in [0.5, 0.6) is 0 Å². The number of tetrazole rings is 1. The molecule has 2 aromatic carbocycles. The van der Waals surface area contributed by atoms with Gasteiger partial charge in [-0.1, -0.05) is 54.2 Å². The molecule has 1 saturated heterocycles. The van der Waals surface area contributed by atoms with Gasteiger partial charge in [0.05, 0.1) is 18.9 Å². The minimum atomic E-state index is -0.427. The van der Waals surface area contributed by atoms with Crippen LogP contribution in [0.15, 0.2) is 53.7 Å². The lowest BCUT2D eigenvalue weighted by atomic mass is 10.1. The molecule has 8 heteroatoms. The van der Waals surface area contributed by atoms with Gasteiger partial charge in [-0.05, 0) is 47.0 Å². The van der Waals surface area contributed by atoms with Crippen LogP contribution in [0.1, 0.15) is 21.9 Å². The summed E-state index contributed by atoms with van der Waals surface area (Å²) in [5, 5.41) is 12.5. The Kier molecular flexibility index (Phi) is 5.92. The van der Waals surface area contributed by atoms with Crippen molar-refractivity contribution in [1.82, 2.24) is 25.1 Å². The number of hydrogen-bond donors (Lipinski definition) is 0. The molecule has 0 bridgehead atoms. The number of aromatic nitrogens is 4. The number of ether oxygens (including phenoxy) is 1. The molecular formula is C21H23N5O2S. The molecule has 29 heavy (non-hydrogen) atoms. The van der Waals surface area contributed by atoms with Gasteiger partial charge in [0.15, 0.2) is 0 Å². The Labute approximate surface area is 174 Å². The minimum absolute atomic E-state index is 0.0556. The third kappa shape index (κ3) is 4.18. The summed E-state index contributed by atoms with van der Waals surface area (Å²) in [6.07, 6.45) is 0. The number of rotatable bonds is 5. The first-order valence-electron chi connectivity index (χ1n) is 9.58. The summed E-state index contributed by atoms with van der Waals surface area (Å²) in [4.78, 5) is 15.2. The number of thioether (sulfide) groups is 1. The molecule has 1 atom stereocenters. The van der Waals surface area contributed by atoms with Gasteiger partial charge in [0.2, 0.25) is 11.1 Å². The maximum Gasteiger partial charge on any atom is 0.240 e. The molecule has 0 aliphatic carbocycles. The average Bonchev–Trinajstić information content (AvgIpc) is 3.23. The van der Waals surface area contributed by atoms with Crippen LogP contribution in [0.3, 0.4) is 0 Å². The van der Waals surface area contributed by atoms with Crippen molar-refractivity contribution in [3.05, 3.63) is 65.2 Å². The van der Waals surface area contributed by atoms with E-state index < -0.39 is 5.25 Å². The smallest absolute Gasteiger partial charge is 0.240 e. The van der Waals surface area contributed by atoms with E-state index in [2.05, 4.69) is 28.5 Å². The molecule has 1 aliphatic rings. The van der Waals surface area contributed by atoms with E-state index >= 15 is 0 Å². The van der Waals surface area contributed by atoms with Crippen molar-refractivity contribution in [3.63, 3.8) is 0 Å². The normalized spacial score (nSPS) is 15.3. The standard InChI is InChI=1S/C21H23N5O2S/c1-15-7-6-10-18(16(15)2)26-21(22-23-24-26)29-19(17-8-4-3-5-9-17)20(27)25-11-13-28-14-12-25/h3-10,19H,11-14H2,1-2H3/t19-/m0/s1. The summed E-state index contributed by atoms with van der Waals surface area (Å²) in [5.74, 6) is 0.0556. The van der Waals surface area contributed by atoms with Crippen molar-refractivity contribution < 1.29 is 9.53 Å². The first-order chi connectivity index (χ1) is 14.1. The SMILES string of the molecule is Cc1cccc(-n2nnnc2S[C@H](C(=O)N2CCOCC2)c2ccccc2)c1C. The zero-order valence-electron chi connectivity index (χ0n) is 16.5. The van der Waals surface area contributed by atoms with Gasteiger partial charge < -0.3 is 9.64 Å². The number of nitrogens with zero attached hydrogens (tertiary/aromatic N) is 5. The van der Waals surface area contributed by atoms with Crippen LogP contribution in [-0.2, 0) is 9.53 Å². The molecule has 7 nitrogen and oxygen atoms in total. The third-order valence-electron chi connectivity index (χ3n) is 5.12. The van der Waals surface area contributed by atoms with Crippen LogP contribution in [0.4, 0.5) is 0 Å². The van der Waals surface area contributed by atoms with Gasteiger partial charge in [0, 0.05) is 13.1 Å². The molecule has 0 radical (unpaired) electrons. The van der Waals surface area contributed by atoms with Crippen LogP contribution in [0.2, 0.25) is 0 Å². The van der Waals surface area contributed by atoms with Crippen LogP contribution < -0.4 is 0 Å². The maximum absolute atomic E-state index is 13.4. The number of carbonyl (C=O) groups is 1. The van der Waals surface area contributed by atoms with E-state index in [0.717, 1.165) is 22.4 Å². The third-order valence-corrected chi connectivity index (χ3v) is 6.29. The van der Waals surface area contributed by atoms with Gasteiger partial charge >= 0.3 is 0 Å². The lowest BCUT2D eigenvalue weighted by molar-refractivity contribution is -0.134. The first-order valence-corrected chi connectivity index (χ1v) is 10.5. The van der Waals surface area contributed by atoms with E-state index in [1.54, 1.807) is 4.68 Å². The monoisotopic (exact) mass is 409 g/mol. The van der Waals surface area contributed by atoms with E-state index in [0.29, 0.717) is 31.5 Å². The Bertz CT molecular complexity index is 986. The van der Waals surface area contributed by atoms with E-state index in [1.165, 1.54) is 11.8 Å². The lowest BCUT2D eigenvalue weighted by Gasteiger charge is -2.30. The largest absolute Gasteiger partial charge is 0.378 e. The van der Waals surface area contributed by atoms with E-state index in [-0.39, 0.29) is 5.91 Å². The molecule has 0 spiro atoms. The molecule has 150 valence electrons. The highest BCUT2D eigenvalue weighted by atomic mass is 32.2. The predicted molar refractivity (Wildman–Crippen MR) is 111 cm³/mol. The van der Waals surface area contributed by atoms with E-state index in [9.17, 15) is 4.79 Å². The molecule has 2 heterocycles. The van der Waals surface area contributed by atoms with Gasteiger partial charge in [-0.2, -0.15) is 4.68 Å². The fraction of sp³-hybridized carbons (Fsp3) is 0.333. The highest BCUT2D eigenvalue weighted by molar-refractivity contribution is 8.00. The molecule has 0 unspecified atom stereocenters. The Morgan fingerprint density at radius 3 is 2.59 bits per heavy atom. The summed E-state index contributed by atoms with van der Waals surface area (Å²) < 4.78 is 7.12. The number of morpholine rings is 1. The Hall–Kier alpha value is -2.71. The predicted octanol–water partition coefficient (Wildman–Crippen LogP) is 2.97. The summed E-state index contributed by atoms with van der Waals surface area (Å²) in [5.41, 5.74) is 4.13. The van der Waals surface area contributed by atoms with E-state index in [1.807, 2.05) is 54.3 Å². The van der Waals surface area contributed by atoms with Crippen LogP contribution >= 0.6 is 11.8 Å². The number of aryl methyl sites for hydroxylation is 1. The Morgan fingerprint density at radius 2 is 1.83 bits per heavy atom. The molecule has 0 N–H and O–H groups in total. The number of hydrogen-bond acceptors (Lipinski definition) is 6. The average molecular weight is 410 g/mol. The number of benzene rings is 2. The highest BCUT2D eigenvalue weighted by Gasteiger charge is 2.30. The minimum Gasteiger partial charge on any atom is -0.378 e. The summed E-state index contributed by atoms with van der Waals surface area (Å²) in [6.45, 7) is 6.45. The molecule has 1 aliphatic heterocycles. The van der Waals surface area contributed by atoms with Crippen LogP contribution in [0, 0.1) is 13.8 Å². The summed E-state index contributed by atoms with van der Waals surface area (Å²) in [6, 6.07) is 15.8. The molecular weight excluding hydrogens is 386 g/mol. The van der Waals surface area contributed by atoms with Crippen molar-refractivity contribution in [2.24, 2.45) is 0 Å². The van der Waals surface area contributed by atoms with Gasteiger partial charge in [0.1, 0.15) is 5.25 Å². The highest BCUT2D eigenvalue weighted by Crippen LogP contribution is 2.36. The molecule has 4 rings (SSSR count). The van der Waals surface area contributed by atoms with Gasteiger partial charge in [0.25, 0.3) is 0 Å².